The van der Waals surface area contributed by atoms with Crippen molar-refractivity contribution in [2.45, 2.75) is 37.9 Å². The Labute approximate surface area is 241 Å². The molecule has 10 heteroatoms. The fourth-order valence-corrected chi connectivity index (χ4v) is 5.37. The molecule has 3 aromatic carbocycles. The topological polar surface area (TPSA) is 114 Å². The van der Waals surface area contributed by atoms with E-state index in [9.17, 15) is 18.0 Å². The van der Waals surface area contributed by atoms with Gasteiger partial charge in [0.05, 0.1) is 23.8 Å². The summed E-state index contributed by atoms with van der Waals surface area (Å²) in [5.41, 5.74) is 6.82. The molecule has 3 aromatic rings. The van der Waals surface area contributed by atoms with Gasteiger partial charge in [0.25, 0.3) is 0 Å². The average molecular weight is 578 g/mol. The number of allylic oxidation sites excluding steroid dienone is 1. The van der Waals surface area contributed by atoms with Crippen LogP contribution in [0.1, 0.15) is 42.7 Å². The summed E-state index contributed by atoms with van der Waals surface area (Å²) in [6.07, 6.45) is 6.78. The van der Waals surface area contributed by atoms with Gasteiger partial charge in [-0.3, -0.25) is 15.0 Å². The summed E-state index contributed by atoms with van der Waals surface area (Å²) in [5.74, 6) is -3.18. The van der Waals surface area contributed by atoms with E-state index in [0.29, 0.717) is 18.6 Å². The number of benzene rings is 3. The van der Waals surface area contributed by atoms with Gasteiger partial charge in [0.15, 0.2) is 6.29 Å². The van der Waals surface area contributed by atoms with E-state index in [1.807, 2.05) is 42.5 Å². The first kappa shape index (κ1) is 30.0. The first-order valence-electron chi connectivity index (χ1n) is 13.5. The SMILES string of the molecule is CS(=O)(=O)N(NC(=O)C(c1ccccc1)C(CC=Cc1ccccc1)C(=O)NOC1CCCCO1)c1ccccc1. The maximum absolute atomic E-state index is 14.0. The van der Waals surface area contributed by atoms with Gasteiger partial charge >= 0.3 is 0 Å². The van der Waals surface area contributed by atoms with Crippen LogP contribution < -0.4 is 15.3 Å². The van der Waals surface area contributed by atoms with Crippen LogP contribution in [0.25, 0.3) is 6.08 Å². The maximum Gasteiger partial charge on any atom is 0.249 e. The van der Waals surface area contributed by atoms with E-state index in [1.165, 1.54) is 0 Å². The number of ether oxygens (including phenoxy) is 1. The van der Waals surface area contributed by atoms with Crippen molar-refractivity contribution >= 4 is 33.6 Å². The molecule has 2 amide bonds. The van der Waals surface area contributed by atoms with E-state index in [4.69, 9.17) is 9.57 Å². The Kier molecular flexibility index (Phi) is 10.7. The number of hydrogen-bond acceptors (Lipinski definition) is 6. The molecule has 0 bridgehead atoms. The van der Waals surface area contributed by atoms with Crippen LogP contribution in [0.15, 0.2) is 97.1 Å². The highest BCUT2D eigenvalue weighted by Crippen LogP contribution is 2.30. The molecule has 0 radical (unpaired) electrons. The number of para-hydroxylation sites is 1. The summed E-state index contributed by atoms with van der Waals surface area (Å²) in [7, 11) is -3.91. The molecule has 1 fully saturated rings. The van der Waals surface area contributed by atoms with E-state index >= 15 is 0 Å². The monoisotopic (exact) mass is 577 g/mol. The Balaban J connectivity index is 1.66. The number of carbonyl (C=O) groups excluding carboxylic acids is 2. The summed E-state index contributed by atoms with van der Waals surface area (Å²) >= 11 is 0. The quantitative estimate of drug-likeness (QED) is 0.305. The Morgan fingerprint density at radius 1 is 0.951 bits per heavy atom. The molecule has 0 spiro atoms. The molecule has 41 heavy (non-hydrogen) atoms. The minimum Gasteiger partial charge on any atom is -0.350 e. The van der Waals surface area contributed by atoms with Crippen molar-refractivity contribution in [3.8, 4) is 0 Å². The maximum atomic E-state index is 14.0. The van der Waals surface area contributed by atoms with Crippen LogP contribution in [-0.2, 0) is 29.2 Å². The second-order valence-electron chi connectivity index (χ2n) is 9.76. The van der Waals surface area contributed by atoms with Gasteiger partial charge in [-0.2, -0.15) is 4.41 Å². The molecule has 216 valence electrons. The van der Waals surface area contributed by atoms with Crippen LogP contribution in [0.4, 0.5) is 5.69 Å². The van der Waals surface area contributed by atoms with Crippen molar-refractivity contribution in [2.75, 3.05) is 17.3 Å². The zero-order valence-electron chi connectivity index (χ0n) is 22.9. The van der Waals surface area contributed by atoms with Gasteiger partial charge in [0.2, 0.25) is 21.8 Å². The number of rotatable bonds is 12. The Hall–Kier alpha value is -3.99. The van der Waals surface area contributed by atoms with Crippen LogP contribution in [0.5, 0.6) is 0 Å². The second kappa shape index (κ2) is 14.6. The zero-order chi connectivity index (χ0) is 29.1. The van der Waals surface area contributed by atoms with E-state index in [-0.39, 0.29) is 12.1 Å². The van der Waals surface area contributed by atoms with Gasteiger partial charge < -0.3 is 4.74 Å². The van der Waals surface area contributed by atoms with Crippen LogP contribution in [0, 0.1) is 5.92 Å². The van der Waals surface area contributed by atoms with Gasteiger partial charge in [-0.25, -0.2) is 18.7 Å². The number of hydrazine groups is 1. The second-order valence-corrected chi connectivity index (χ2v) is 11.6. The van der Waals surface area contributed by atoms with E-state index < -0.39 is 40.0 Å². The number of nitrogens with one attached hydrogen (secondary N) is 2. The molecule has 1 aliphatic rings. The molecule has 0 aliphatic carbocycles. The van der Waals surface area contributed by atoms with Crippen molar-refractivity contribution in [3.63, 3.8) is 0 Å². The number of anilines is 1. The van der Waals surface area contributed by atoms with Gasteiger partial charge in [0, 0.05) is 13.0 Å². The summed E-state index contributed by atoms with van der Waals surface area (Å²) in [5, 5.41) is 0. The Bertz CT molecular complexity index is 1400. The van der Waals surface area contributed by atoms with Crippen LogP contribution in [-0.4, -0.2) is 39.4 Å². The molecule has 3 atom stereocenters. The molecule has 3 unspecified atom stereocenters. The number of nitrogens with zero attached hydrogens (tertiary/aromatic N) is 1. The molecular weight excluding hydrogens is 542 g/mol. The summed E-state index contributed by atoms with van der Waals surface area (Å²) in [6, 6.07) is 26.6. The molecule has 2 N–H and O–H groups in total. The first-order chi connectivity index (χ1) is 19.8. The predicted octanol–water partition coefficient (Wildman–Crippen LogP) is 4.56. The van der Waals surface area contributed by atoms with Crippen LogP contribution in [0.3, 0.4) is 0 Å². The highest BCUT2D eigenvalue weighted by molar-refractivity contribution is 7.92. The van der Waals surface area contributed by atoms with Gasteiger partial charge in [-0.05, 0) is 42.5 Å². The molecule has 1 aliphatic heterocycles. The third-order valence-electron chi connectivity index (χ3n) is 6.64. The third kappa shape index (κ3) is 8.75. The minimum absolute atomic E-state index is 0.173. The lowest BCUT2D eigenvalue weighted by Crippen LogP contribution is -2.50. The smallest absolute Gasteiger partial charge is 0.249 e. The lowest BCUT2D eigenvalue weighted by molar-refractivity contribution is -0.202. The molecule has 4 rings (SSSR count). The number of sulfonamides is 1. The van der Waals surface area contributed by atoms with Crippen molar-refractivity contribution in [2.24, 2.45) is 5.92 Å². The Morgan fingerprint density at radius 2 is 1.59 bits per heavy atom. The van der Waals surface area contributed by atoms with E-state index in [2.05, 4.69) is 10.9 Å². The minimum atomic E-state index is -3.91. The molecule has 0 saturated carbocycles. The van der Waals surface area contributed by atoms with Crippen molar-refractivity contribution in [3.05, 3.63) is 108 Å². The molecule has 0 aromatic heterocycles. The van der Waals surface area contributed by atoms with Crippen molar-refractivity contribution in [1.82, 2.24) is 10.9 Å². The number of hydrogen-bond donors (Lipinski definition) is 2. The van der Waals surface area contributed by atoms with Crippen LogP contribution in [0.2, 0.25) is 0 Å². The molecule has 1 saturated heterocycles. The number of hydroxylamine groups is 1. The fraction of sp³-hybridized carbons (Fsp3) is 0.290. The van der Waals surface area contributed by atoms with Gasteiger partial charge in [-0.15, -0.1) is 0 Å². The fourth-order valence-electron chi connectivity index (χ4n) is 4.61. The van der Waals surface area contributed by atoms with Crippen molar-refractivity contribution < 1.29 is 27.6 Å². The van der Waals surface area contributed by atoms with Gasteiger partial charge in [-0.1, -0.05) is 91.0 Å². The number of carbonyl (C=O) groups is 2. The van der Waals surface area contributed by atoms with E-state index in [1.54, 1.807) is 60.7 Å². The van der Waals surface area contributed by atoms with E-state index in [0.717, 1.165) is 29.1 Å². The first-order valence-corrected chi connectivity index (χ1v) is 15.4. The molecule has 1 heterocycles. The zero-order valence-corrected chi connectivity index (χ0v) is 23.7. The molecular formula is C31H35N3O6S. The summed E-state index contributed by atoms with van der Waals surface area (Å²) in [6.45, 7) is 0.541. The number of amides is 2. The predicted molar refractivity (Wildman–Crippen MR) is 157 cm³/mol. The standard InChI is InChI=1S/C31H35N3O6S/c1-41(37,38)34(26-19-9-4-10-20-26)32-31(36)29(25-17-7-3-8-18-25)27(21-13-16-24-14-5-2-6-15-24)30(35)33-40-28-22-11-12-23-39-28/h2-10,13-20,27-29H,11-12,21-23H2,1H3,(H,32,36)(H,33,35). The highest BCUT2D eigenvalue weighted by Gasteiger charge is 2.37. The lowest BCUT2D eigenvalue weighted by atomic mass is 9.82. The summed E-state index contributed by atoms with van der Waals surface area (Å²) in [4.78, 5) is 33.2. The van der Waals surface area contributed by atoms with Gasteiger partial charge in [0.1, 0.15) is 0 Å². The average Bonchev–Trinajstić information content (AvgIpc) is 2.99. The van der Waals surface area contributed by atoms with Crippen molar-refractivity contribution in [1.29, 1.82) is 0 Å². The highest BCUT2D eigenvalue weighted by atomic mass is 32.2. The van der Waals surface area contributed by atoms with Crippen LogP contribution >= 0.6 is 0 Å². The third-order valence-corrected chi connectivity index (χ3v) is 7.61. The largest absolute Gasteiger partial charge is 0.350 e. The lowest BCUT2D eigenvalue weighted by Gasteiger charge is -2.30. The normalized spacial score (nSPS) is 17.0. The Morgan fingerprint density at radius 3 is 2.20 bits per heavy atom. The summed E-state index contributed by atoms with van der Waals surface area (Å²) < 4.78 is 31.8. The molecule has 9 nitrogen and oxygen atoms in total.